The Morgan fingerprint density at radius 1 is 1.06 bits per heavy atom. The minimum absolute atomic E-state index is 0.653. The summed E-state index contributed by atoms with van der Waals surface area (Å²) in [6.45, 7) is 9.87. The van der Waals surface area contributed by atoms with Crippen molar-refractivity contribution < 1.29 is 0 Å². The Morgan fingerprint density at radius 2 is 1.71 bits per heavy atom. The van der Waals surface area contributed by atoms with Gasteiger partial charge in [0.15, 0.2) is 0 Å². The number of piperidine rings is 1. The zero-order valence-electron chi connectivity index (χ0n) is 11.8. The van der Waals surface area contributed by atoms with E-state index in [0.717, 1.165) is 0 Å². The lowest BCUT2D eigenvalue weighted by Crippen LogP contribution is -2.38. The highest BCUT2D eigenvalue weighted by Gasteiger charge is 2.25. The molecule has 1 fully saturated rings. The van der Waals surface area contributed by atoms with Crippen molar-refractivity contribution in [2.75, 3.05) is 6.54 Å². The molecule has 1 heteroatoms. The summed E-state index contributed by atoms with van der Waals surface area (Å²) >= 11 is 0. The Labute approximate surface area is 107 Å². The second-order valence-electron chi connectivity index (χ2n) is 4.75. The maximum Gasteiger partial charge on any atom is 0.0350 e. The van der Waals surface area contributed by atoms with Crippen molar-refractivity contribution in [2.24, 2.45) is 0 Å². The first-order valence-corrected chi connectivity index (χ1v) is 7.09. The first-order chi connectivity index (χ1) is 8.29. The number of hydrogen-bond acceptors (Lipinski definition) is 1. The van der Waals surface area contributed by atoms with Crippen molar-refractivity contribution >= 4 is 0 Å². The number of likely N-dealkylation sites (tertiary alicyclic amines) is 1. The molecule has 2 rings (SSSR count). The van der Waals surface area contributed by atoms with E-state index in [9.17, 15) is 0 Å². The van der Waals surface area contributed by atoms with Gasteiger partial charge in [-0.25, -0.2) is 0 Å². The molecule has 96 valence electrons. The molecule has 1 aromatic carbocycles. The van der Waals surface area contributed by atoms with Gasteiger partial charge < -0.3 is 0 Å². The van der Waals surface area contributed by atoms with Gasteiger partial charge in [-0.05, 0) is 38.8 Å². The summed E-state index contributed by atoms with van der Waals surface area (Å²) in [5.74, 6) is 0. The fraction of sp³-hybridized carbons (Fsp3) is 0.625. The minimum Gasteiger partial charge on any atom is -0.294 e. The lowest BCUT2D eigenvalue weighted by Gasteiger charge is -2.39. The van der Waals surface area contributed by atoms with Crippen molar-refractivity contribution in [1.82, 2.24) is 4.90 Å². The summed E-state index contributed by atoms with van der Waals surface area (Å²) in [5.41, 5.74) is 1.49. The third-order valence-corrected chi connectivity index (χ3v) is 3.39. The van der Waals surface area contributed by atoms with Gasteiger partial charge in [0.05, 0.1) is 0 Å². The van der Waals surface area contributed by atoms with Crippen LogP contribution in [0.25, 0.3) is 0 Å². The molecule has 0 aromatic heterocycles. The molecule has 1 aliphatic heterocycles. The van der Waals surface area contributed by atoms with Gasteiger partial charge in [0.1, 0.15) is 0 Å². The number of nitrogens with zero attached hydrogens (tertiary/aromatic N) is 1. The van der Waals surface area contributed by atoms with Gasteiger partial charge in [0, 0.05) is 12.1 Å². The zero-order chi connectivity index (χ0) is 12.7. The van der Waals surface area contributed by atoms with Gasteiger partial charge in [-0.1, -0.05) is 50.6 Å². The zero-order valence-corrected chi connectivity index (χ0v) is 11.8. The van der Waals surface area contributed by atoms with Crippen molar-refractivity contribution in [1.29, 1.82) is 0 Å². The van der Waals surface area contributed by atoms with Crippen molar-refractivity contribution in [3.8, 4) is 0 Å². The highest BCUT2D eigenvalue weighted by Crippen LogP contribution is 2.31. The monoisotopic (exact) mass is 233 g/mol. The van der Waals surface area contributed by atoms with Crippen LogP contribution in [-0.4, -0.2) is 17.5 Å². The molecule has 0 bridgehead atoms. The molecule has 1 atom stereocenters. The summed E-state index contributed by atoms with van der Waals surface area (Å²) in [4.78, 5) is 2.64. The predicted molar refractivity (Wildman–Crippen MR) is 76.2 cm³/mol. The predicted octanol–water partition coefficient (Wildman–Crippen LogP) is 4.65. The van der Waals surface area contributed by atoms with Gasteiger partial charge >= 0.3 is 0 Å². The van der Waals surface area contributed by atoms with E-state index in [1.54, 1.807) is 0 Å². The number of benzene rings is 1. The highest BCUT2D eigenvalue weighted by molar-refractivity contribution is 5.19. The summed E-state index contributed by atoms with van der Waals surface area (Å²) in [5, 5.41) is 0. The molecule has 1 saturated heterocycles. The fourth-order valence-corrected chi connectivity index (χ4v) is 2.61. The van der Waals surface area contributed by atoms with Crippen LogP contribution in [0.15, 0.2) is 30.3 Å². The molecule has 0 spiro atoms. The molecule has 1 unspecified atom stereocenters. The first kappa shape index (κ1) is 14.2. The molecular formula is C16H27N. The third-order valence-electron chi connectivity index (χ3n) is 3.39. The van der Waals surface area contributed by atoms with Crippen molar-refractivity contribution in [2.45, 2.75) is 59.0 Å². The van der Waals surface area contributed by atoms with Gasteiger partial charge in [-0.15, -0.1) is 0 Å². The van der Waals surface area contributed by atoms with Crippen LogP contribution in [0.1, 0.15) is 58.6 Å². The van der Waals surface area contributed by atoms with E-state index in [-0.39, 0.29) is 0 Å². The van der Waals surface area contributed by atoms with Crippen LogP contribution < -0.4 is 0 Å². The van der Waals surface area contributed by atoms with E-state index in [4.69, 9.17) is 0 Å². The summed E-state index contributed by atoms with van der Waals surface area (Å²) in [6, 6.07) is 12.3. The van der Waals surface area contributed by atoms with E-state index in [2.05, 4.69) is 49.1 Å². The van der Waals surface area contributed by atoms with Crippen molar-refractivity contribution in [3.63, 3.8) is 0 Å². The molecule has 0 N–H and O–H groups in total. The highest BCUT2D eigenvalue weighted by atomic mass is 15.2. The molecule has 0 aliphatic carbocycles. The Balaban J connectivity index is 0.000000686. The van der Waals surface area contributed by atoms with Gasteiger partial charge in [0.25, 0.3) is 0 Å². The lowest BCUT2D eigenvalue weighted by atomic mass is 9.94. The summed E-state index contributed by atoms with van der Waals surface area (Å²) < 4.78 is 0. The van der Waals surface area contributed by atoms with Crippen LogP contribution >= 0.6 is 0 Å². The van der Waals surface area contributed by atoms with E-state index in [1.165, 1.54) is 31.4 Å². The van der Waals surface area contributed by atoms with Crippen LogP contribution in [0, 0.1) is 0 Å². The van der Waals surface area contributed by atoms with Crippen LogP contribution in [0.5, 0.6) is 0 Å². The first-order valence-electron chi connectivity index (χ1n) is 7.09. The number of rotatable bonds is 2. The van der Waals surface area contributed by atoms with Crippen LogP contribution in [0.3, 0.4) is 0 Å². The maximum absolute atomic E-state index is 2.64. The molecule has 1 aliphatic rings. The van der Waals surface area contributed by atoms with Gasteiger partial charge in [0.2, 0.25) is 0 Å². The molecule has 0 saturated carbocycles. The molecule has 1 aromatic rings. The normalized spacial score (nSPS) is 20.9. The van der Waals surface area contributed by atoms with Crippen molar-refractivity contribution in [3.05, 3.63) is 35.9 Å². The third kappa shape index (κ3) is 3.85. The second kappa shape index (κ2) is 7.50. The average Bonchev–Trinajstić information content (AvgIpc) is 2.42. The van der Waals surface area contributed by atoms with Crippen LogP contribution in [0.4, 0.5) is 0 Å². The molecule has 17 heavy (non-hydrogen) atoms. The quantitative estimate of drug-likeness (QED) is 0.719. The second-order valence-corrected chi connectivity index (χ2v) is 4.75. The Morgan fingerprint density at radius 3 is 2.29 bits per heavy atom. The standard InChI is InChI=1S/C14H21N.C2H6/c1-12(2)15-11-7-6-10-14(15)13-8-4-3-5-9-13;1-2/h3-5,8-9,12,14H,6-7,10-11H2,1-2H3;1-2H3. The summed E-state index contributed by atoms with van der Waals surface area (Å²) in [6.07, 6.45) is 4.06. The molecule has 1 heterocycles. The Bertz CT molecular complexity index is 292. The molecular weight excluding hydrogens is 206 g/mol. The smallest absolute Gasteiger partial charge is 0.0350 e. The number of hydrogen-bond donors (Lipinski definition) is 0. The van der Waals surface area contributed by atoms with E-state index < -0.39 is 0 Å². The fourth-order valence-electron chi connectivity index (χ4n) is 2.61. The molecule has 0 radical (unpaired) electrons. The van der Waals surface area contributed by atoms with E-state index in [0.29, 0.717) is 12.1 Å². The Kier molecular flexibility index (Phi) is 6.28. The SMILES string of the molecule is CC.CC(C)N1CCCCC1c1ccccc1. The van der Waals surface area contributed by atoms with Gasteiger partial charge in [-0.2, -0.15) is 0 Å². The largest absolute Gasteiger partial charge is 0.294 e. The molecule has 1 nitrogen and oxygen atoms in total. The lowest BCUT2D eigenvalue weighted by molar-refractivity contribution is 0.112. The molecule has 0 amide bonds. The topological polar surface area (TPSA) is 3.24 Å². The summed E-state index contributed by atoms with van der Waals surface area (Å²) in [7, 11) is 0. The van der Waals surface area contributed by atoms with Crippen LogP contribution in [0.2, 0.25) is 0 Å². The minimum atomic E-state index is 0.653. The van der Waals surface area contributed by atoms with Crippen LogP contribution in [-0.2, 0) is 0 Å². The average molecular weight is 233 g/mol. The Hall–Kier alpha value is -0.820. The van der Waals surface area contributed by atoms with Gasteiger partial charge in [-0.3, -0.25) is 4.90 Å². The van der Waals surface area contributed by atoms with E-state index >= 15 is 0 Å². The maximum atomic E-state index is 2.64. The van der Waals surface area contributed by atoms with E-state index in [1.807, 2.05) is 13.8 Å².